The highest BCUT2D eigenvalue weighted by Crippen LogP contribution is 2.50. The van der Waals surface area contributed by atoms with Crippen LogP contribution in [0.2, 0.25) is 0 Å². The highest BCUT2D eigenvalue weighted by atomic mass is 16.5. The van der Waals surface area contributed by atoms with Crippen LogP contribution in [0.1, 0.15) is 23.0 Å². The third kappa shape index (κ3) is 2.40. The minimum Gasteiger partial charge on any atom is -0.493 e. The maximum absolute atomic E-state index is 13.2. The summed E-state index contributed by atoms with van der Waals surface area (Å²) in [6.45, 7) is 2.34. The number of aromatic nitrogens is 1. The van der Waals surface area contributed by atoms with Crippen molar-refractivity contribution in [2.45, 2.75) is 6.92 Å². The van der Waals surface area contributed by atoms with Crippen molar-refractivity contribution in [3.63, 3.8) is 0 Å². The van der Waals surface area contributed by atoms with Crippen molar-refractivity contribution in [3.8, 4) is 34.1 Å². The molecule has 6 nitrogen and oxygen atoms in total. The summed E-state index contributed by atoms with van der Waals surface area (Å²) in [5.74, 6) is 2.06. The second kappa shape index (κ2) is 6.46. The van der Waals surface area contributed by atoms with Crippen molar-refractivity contribution >= 4 is 16.6 Å². The van der Waals surface area contributed by atoms with Gasteiger partial charge in [-0.3, -0.25) is 9.78 Å². The highest BCUT2D eigenvalue weighted by Gasteiger charge is 2.32. The van der Waals surface area contributed by atoms with E-state index in [2.05, 4.69) is 4.98 Å². The standard InChI is InChI=1S/C21H19NO5/c1-5-27-15-10-13-12(9-14(15)24-2)18-17-11(6-7-22-19(17)20(13)23)8-16(25-3)21(18)26-4/h6-10H,5H2,1-4H3. The van der Waals surface area contributed by atoms with Gasteiger partial charge in [-0.15, -0.1) is 0 Å². The summed E-state index contributed by atoms with van der Waals surface area (Å²) in [5.41, 5.74) is 2.37. The first-order chi connectivity index (χ1) is 13.1. The van der Waals surface area contributed by atoms with Crippen LogP contribution in [0.5, 0.6) is 23.0 Å². The van der Waals surface area contributed by atoms with E-state index in [1.54, 1.807) is 33.6 Å². The molecule has 0 aliphatic heterocycles. The maximum Gasteiger partial charge on any atom is 0.212 e. The van der Waals surface area contributed by atoms with Crippen LogP contribution in [0.3, 0.4) is 0 Å². The average Bonchev–Trinajstić information content (AvgIpc) is 2.70. The van der Waals surface area contributed by atoms with E-state index in [0.29, 0.717) is 46.4 Å². The van der Waals surface area contributed by atoms with E-state index >= 15 is 0 Å². The number of nitrogens with zero attached hydrogens (tertiary/aromatic N) is 1. The van der Waals surface area contributed by atoms with Crippen LogP contribution in [0.15, 0.2) is 30.5 Å². The topological polar surface area (TPSA) is 66.9 Å². The molecule has 0 bridgehead atoms. The number of hydrogen-bond donors (Lipinski definition) is 0. The molecule has 0 fully saturated rings. The predicted octanol–water partition coefficient (Wildman–Crippen LogP) is 3.87. The lowest BCUT2D eigenvalue weighted by Gasteiger charge is -2.24. The number of carbonyl (C=O) groups is 1. The second-order valence-corrected chi connectivity index (χ2v) is 6.06. The summed E-state index contributed by atoms with van der Waals surface area (Å²) in [5, 5.41) is 1.61. The number of ether oxygens (including phenoxy) is 4. The molecule has 138 valence electrons. The van der Waals surface area contributed by atoms with E-state index in [-0.39, 0.29) is 5.78 Å². The molecule has 0 N–H and O–H groups in total. The van der Waals surface area contributed by atoms with Gasteiger partial charge in [0, 0.05) is 28.3 Å². The minimum atomic E-state index is -0.154. The number of pyridine rings is 1. The normalized spacial score (nSPS) is 11.9. The Bertz CT molecular complexity index is 1070. The van der Waals surface area contributed by atoms with Crippen LogP contribution in [-0.4, -0.2) is 38.7 Å². The van der Waals surface area contributed by atoms with Crippen molar-refractivity contribution in [1.29, 1.82) is 0 Å². The van der Waals surface area contributed by atoms with Gasteiger partial charge in [0.2, 0.25) is 5.78 Å². The summed E-state index contributed by atoms with van der Waals surface area (Å²) >= 11 is 0. The van der Waals surface area contributed by atoms with Gasteiger partial charge in [0.1, 0.15) is 5.69 Å². The summed E-state index contributed by atoms with van der Waals surface area (Å²) in [4.78, 5) is 17.5. The Morgan fingerprint density at radius 1 is 0.926 bits per heavy atom. The van der Waals surface area contributed by atoms with E-state index in [4.69, 9.17) is 18.9 Å². The Balaban J connectivity index is 2.16. The number of rotatable bonds is 5. The molecule has 0 radical (unpaired) electrons. The summed E-state index contributed by atoms with van der Waals surface area (Å²) in [6, 6.07) is 7.23. The molecule has 4 rings (SSSR count). The Morgan fingerprint density at radius 3 is 2.33 bits per heavy atom. The van der Waals surface area contributed by atoms with E-state index in [1.165, 1.54) is 0 Å². The molecule has 0 atom stereocenters. The van der Waals surface area contributed by atoms with E-state index in [0.717, 1.165) is 16.3 Å². The molecule has 2 aromatic carbocycles. The van der Waals surface area contributed by atoms with Crippen molar-refractivity contribution in [1.82, 2.24) is 4.98 Å². The van der Waals surface area contributed by atoms with Crippen LogP contribution in [0.25, 0.3) is 21.9 Å². The number of benzene rings is 2. The molecule has 6 heteroatoms. The summed E-state index contributed by atoms with van der Waals surface area (Å²) in [7, 11) is 4.74. The van der Waals surface area contributed by atoms with Crippen LogP contribution < -0.4 is 18.9 Å². The molecule has 0 saturated carbocycles. The van der Waals surface area contributed by atoms with Gasteiger partial charge in [0.15, 0.2) is 23.0 Å². The SMILES string of the molecule is CCOc1cc2c(cc1OC)-c1c(OC)c(OC)cc3ccnc(c13)C2=O. The number of fused-ring (bicyclic) bond motifs is 2. The van der Waals surface area contributed by atoms with Gasteiger partial charge in [-0.05, 0) is 36.6 Å². The molecule has 27 heavy (non-hydrogen) atoms. The molecule has 1 aliphatic carbocycles. The molecular weight excluding hydrogens is 346 g/mol. The molecular formula is C21H19NO5. The monoisotopic (exact) mass is 365 g/mol. The second-order valence-electron chi connectivity index (χ2n) is 6.06. The van der Waals surface area contributed by atoms with Gasteiger partial charge in [-0.1, -0.05) is 0 Å². The zero-order chi connectivity index (χ0) is 19.1. The zero-order valence-electron chi connectivity index (χ0n) is 15.6. The lowest BCUT2D eigenvalue weighted by atomic mass is 9.84. The number of ketones is 1. The zero-order valence-corrected chi connectivity index (χ0v) is 15.6. The Kier molecular flexibility index (Phi) is 4.11. The Morgan fingerprint density at radius 2 is 1.67 bits per heavy atom. The van der Waals surface area contributed by atoms with Crippen LogP contribution in [0, 0.1) is 0 Å². The quantitative estimate of drug-likeness (QED) is 0.535. The maximum atomic E-state index is 13.2. The first-order valence-electron chi connectivity index (χ1n) is 8.58. The molecule has 1 heterocycles. The van der Waals surface area contributed by atoms with E-state index in [9.17, 15) is 4.79 Å². The largest absolute Gasteiger partial charge is 0.493 e. The first-order valence-corrected chi connectivity index (χ1v) is 8.58. The van der Waals surface area contributed by atoms with E-state index in [1.807, 2.05) is 25.1 Å². The fraction of sp³-hybridized carbons (Fsp3) is 0.238. The van der Waals surface area contributed by atoms with Gasteiger partial charge in [0.05, 0.1) is 27.9 Å². The van der Waals surface area contributed by atoms with Crippen molar-refractivity contribution < 1.29 is 23.7 Å². The van der Waals surface area contributed by atoms with E-state index < -0.39 is 0 Å². The number of hydrogen-bond acceptors (Lipinski definition) is 6. The molecule has 0 unspecified atom stereocenters. The van der Waals surface area contributed by atoms with Gasteiger partial charge in [-0.25, -0.2) is 0 Å². The van der Waals surface area contributed by atoms with Crippen LogP contribution in [-0.2, 0) is 0 Å². The third-order valence-corrected chi connectivity index (χ3v) is 4.73. The van der Waals surface area contributed by atoms with Crippen molar-refractivity contribution in [2.75, 3.05) is 27.9 Å². The van der Waals surface area contributed by atoms with Crippen LogP contribution in [0.4, 0.5) is 0 Å². The molecule has 1 aliphatic rings. The third-order valence-electron chi connectivity index (χ3n) is 4.73. The van der Waals surface area contributed by atoms with Gasteiger partial charge in [0.25, 0.3) is 0 Å². The fourth-order valence-corrected chi connectivity index (χ4v) is 3.60. The molecule has 0 spiro atoms. The van der Waals surface area contributed by atoms with Gasteiger partial charge in [-0.2, -0.15) is 0 Å². The van der Waals surface area contributed by atoms with Gasteiger partial charge < -0.3 is 18.9 Å². The van der Waals surface area contributed by atoms with Crippen molar-refractivity contribution in [2.24, 2.45) is 0 Å². The van der Waals surface area contributed by atoms with Crippen LogP contribution >= 0.6 is 0 Å². The highest BCUT2D eigenvalue weighted by molar-refractivity contribution is 6.26. The lowest BCUT2D eigenvalue weighted by Crippen LogP contribution is -2.14. The molecule has 3 aromatic rings. The smallest absolute Gasteiger partial charge is 0.212 e. The van der Waals surface area contributed by atoms with Gasteiger partial charge >= 0.3 is 0 Å². The molecule has 0 amide bonds. The van der Waals surface area contributed by atoms with Crippen molar-refractivity contribution in [3.05, 3.63) is 41.7 Å². The number of carbonyl (C=O) groups excluding carboxylic acids is 1. The lowest BCUT2D eigenvalue weighted by molar-refractivity contribution is 0.103. The summed E-state index contributed by atoms with van der Waals surface area (Å²) in [6.07, 6.45) is 1.63. The average molecular weight is 365 g/mol. The fourth-order valence-electron chi connectivity index (χ4n) is 3.60. The summed E-state index contributed by atoms with van der Waals surface area (Å²) < 4.78 is 22.3. The molecule has 1 aromatic heterocycles. The minimum absolute atomic E-state index is 0.154. The Hall–Kier alpha value is -3.28. The first kappa shape index (κ1) is 17.1. The Labute approximate surface area is 156 Å². The molecule has 0 saturated heterocycles. The number of methoxy groups -OCH3 is 3. The predicted molar refractivity (Wildman–Crippen MR) is 101 cm³/mol.